The zero-order chi connectivity index (χ0) is 24.9. The molecule has 4 rings (SSSR count). The molecule has 0 fully saturated rings. The van der Waals surface area contributed by atoms with E-state index in [4.69, 9.17) is 9.47 Å². The Morgan fingerprint density at radius 3 is 2.66 bits per heavy atom. The molecule has 9 heteroatoms. The summed E-state index contributed by atoms with van der Waals surface area (Å²) < 4.78 is 14.9. The van der Waals surface area contributed by atoms with Gasteiger partial charge in [-0.2, -0.15) is 10.2 Å². The maximum atomic E-state index is 12.3. The van der Waals surface area contributed by atoms with Crippen LogP contribution in [0.5, 0.6) is 11.5 Å². The van der Waals surface area contributed by atoms with Crippen molar-refractivity contribution in [1.82, 2.24) is 15.2 Å². The van der Waals surface area contributed by atoms with Crippen LogP contribution in [0.3, 0.4) is 0 Å². The number of benzene rings is 3. The molecule has 0 bridgehead atoms. The molecule has 0 atom stereocenters. The summed E-state index contributed by atoms with van der Waals surface area (Å²) in [6, 6.07) is 18.0. The summed E-state index contributed by atoms with van der Waals surface area (Å²) in [5.74, 6) is 0.872. The van der Waals surface area contributed by atoms with Crippen molar-refractivity contribution >= 4 is 54.8 Å². The lowest BCUT2D eigenvalue weighted by molar-refractivity contribution is -0.121. The summed E-state index contributed by atoms with van der Waals surface area (Å²) in [7, 11) is 1.59. The van der Waals surface area contributed by atoms with Gasteiger partial charge in [0.25, 0.3) is 5.91 Å². The number of rotatable bonds is 8. The third-order valence-electron chi connectivity index (χ3n) is 5.49. The molecule has 3 aromatic carbocycles. The smallest absolute Gasteiger partial charge is 0.261 e. The first kappa shape index (κ1) is 24.9. The van der Waals surface area contributed by atoms with Crippen molar-refractivity contribution in [1.29, 1.82) is 0 Å². The lowest BCUT2D eigenvalue weighted by Crippen LogP contribution is -2.24. The van der Waals surface area contributed by atoms with E-state index in [1.165, 1.54) is 5.39 Å². The number of carbonyl (C=O) groups is 1. The van der Waals surface area contributed by atoms with Crippen molar-refractivity contribution in [3.63, 3.8) is 0 Å². The predicted molar refractivity (Wildman–Crippen MR) is 144 cm³/mol. The van der Waals surface area contributed by atoms with E-state index in [9.17, 15) is 4.79 Å². The second-order valence-electron chi connectivity index (χ2n) is 7.90. The van der Waals surface area contributed by atoms with Crippen LogP contribution in [0.15, 0.2) is 68.6 Å². The third kappa shape index (κ3) is 5.74. The van der Waals surface area contributed by atoms with Gasteiger partial charge in [0.05, 0.1) is 33.7 Å². The van der Waals surface area contributed by atoms with Crippen molar-refractivity contribution in [3.8, 4) is 11.5 Å². The Kier molecular flexibility index (Phi) is 7.87. The van der Waals surface area contributed by atoms with Crippen LogP contribution in [-0.2, 0) is 17.9 Å². The molecule has 0 unspecified atom stereocenters. The van der Waals surface area contributed by atoms with Gasteiger partial charge in [-0.1, -0.05) is 42.5 Å². The minimum absolute atomic E-state index is 0.0730. The molecule has 0 saturated carbocycles. The van der Waals surface area contributed by atoms with Gasteiger partial charge < -0.3 is 9.47 Å². The number of aromatic nitrogens is 2. The molecule has 4 aromatic rings. The number of nitrogens with zero attached hydrogens (tertiary/aromatic N) is 3. The van der Waals surface area contributed by atoms with E-state index in [2.05, 4.69) is 71.8 Å². The fourth-order valence-electron chi connectivity index (χ4n) is 3.70. The van der Waals surface area contributed by atoms with Crippen molar-refractivity contribution in [3.05, 3.63) is 86.1 Å². The molecule has 0 aliphatic heterocycles. The Morgan fingerprint density at radius 1 is 1.14 bits per heavy atom. The van der Waals surface area contributed by atoms with Crippen molar-refractivity contribution in [2.75, 3.05) is 7.11 Å². The van der Waals surface area contributed by atoms with Gasteiger partial charge in [-0.05, 0) is 79.7 Å². The van der Waals surface area contributed by atoms with Crippen LogP contribution in [-0.4, -0.2) is 29.0 Å². The molecule has 7 nitrogen and oxygen atoms in total. The van der Waals surface area contributed by atoms with E-state index in [-0.39, 0.29) is 12.5 Å². The maximum absolute atomic E-state index is 12.3. The van der Waals surface area contributed by atoms with E-state index < -0.39 is 0 Å². The number of amides is 1. The van der Waals surface area contributed by atoms with Crippen molar-refractivity contribution < 1.29 is 14.3 Å². The summed E-state index contributed by atoms with van der Waals surface area (Å²) in [6.07, 6.45) is 1.55. The van der Waals surface area contributed by atoms with Crippen LogP contribution in [0.25, 0.3) is 10.8 Å². The lowest BCUT2D eigenvalue weighted by Gasteiger charge is -2.14. The number of ether oxygens (including phenoxy) is 2. The van der Waals surface area contributed by atoms with Gasteiger partial charge in [0.2, 0.25) is 0 Å². The van der Waals surface area contributed by atoms with E-state index in [1.54, 1.807) is 24.1 Å². The molecule has 0 aliphatic rings. The number of hydrogen-bond acceptors (Lipinski definition) is 5. The quantitative estimate of drug-likeness (QED) is 0.202. The van der Waals surface area contributed by atoms with Crippen LogP contribution in [0.4, 0.5) is 0 Å². The molecule has 1 aromatic heterocycles. The zero-order valence-corrected chi connectivity index (χ0v) is 22.7. The van der Waals surface area contributed by atoms with Gasteiger partial charge in [-0.3, -0.25) is 9.48 Å². The molecule has 0 aliphatic carbocycles. The Labute approximate surface area is 220 Å². The third-order valence-corrected chi connectivity index (χ3v) is 7.23. The van der Waals surface area contributed by atoms with E-state index in [1.807, 2.05) is 38.1 Å². The summed E-state index contributed by atoms with van der Waals surface area (Å²) >= 11 is 7.04. The molecule has 1 heterocycles. The molecular formula is C26H24Br2N4O3. The topological polar surface area (TPSA) is 77.7 Å². The normalized spacial score (nSPS) is 11.2. The van der Waals surface area contributed by atoms with Gasteiger partial charge in [0, 0.05) is 0 Å². The Balaban J connectivity index is 1.43. The van der Waals surface area contributed by atoms with E-state index in [0.29, 0.717) is 18.1 Å². The van der Waals surface area contributed by atoms with Crippen molar-refractivity contribution in [2.24, 2.45) is 5.10 Å². The molecular weight excluding hydrogens is 576 g/mol. The molecule has 0 radical (unpaired) electrons. The summed E-state index contributed by atoms with van der Waals surface area (Å²) in [5, 5.41) is 10.7. The van der Waals surface area contributed by atoms with Crippen LogP contribution in [0, 0.1) is 13.8 Å². The second kappa shape index (κ2) is 11.0. The standard InChI is InChI=1S/C26H24Br2N4O3/c1-16-25(28)17(2)32(31-16)14-24(33)30-29-13-18-11-22(27)26(23(12-18)34-3)35-15-20-9-6-8-19-7-4-5-10-21(19)20/h4-13H,14-15H2,1-3H3,(H,30,33)/b29-13+. The van der Waals surface area contributed by atoms with Crippen LogP contribution >= 0.6 is 31.9 Å². The van der Waals surface area contributed by atoms with Gasteiger partial charge >= 0.3 is 0 Å². The molecule has 35 heavy (non-hydrogen) atoms. The monoisotopic (exact) mass is 598 g/mol. The second-order valence-corrected chi connectivity index (χ2v) is 9.54. The highest BCUT2D eigenvalue weighted by molar-refractivity contribution is 9.10. The minimum atomic E-state index is -0.277. The van der Waals surface area contributed by atoms with Crippen LogP contribution in [0.2, 0.25) is 0 Å². The summed E-state index contributed by atoms with van der Waals surface area (Å²) in [6.45, 7) is 4.24. The SMILES string of the molecule is COc1cc(/C=N/NC(=O)Cn2nc(C)c(Br)c2C)cc(Br)c1OCc1cccc2ccccc12. The number of hydrazone groups is 1. The van der Waals surface area contributed by atoms with Crippen LogP contribution in [0.1, 0.15) is 22.5 Å². The lowest BCUT2D eigenvalue weighted by atomic mass is 10.1. The number of nitrogens with one attached hydrogen (secondary N) is 1. The van der Waals surface area contributed by atoms with E-state index >= 15 is 0 Å². The number of methoxy groups -OCH3 is 1. The molecule has 180 valence electrons. The van der Waals surface area contributed by atoms with E-state index in [0.717, 1.165) is 36.8 Å². The minimum Gasteiger partial charge on any atom is -0.493 e. The first-order valence-corrected chi connectivity index (χ1v) is 12.4. The fourth-order valence-corrected chi connectivity index (χ4v) is 4.56. The van der Waals surface area contributed by atoms with Crippen LogP contribution < -0.4 is 14.9 Å². The molecule has 0 saturated heterocycles. The highest BCUT2D eigenvalue weighted by Crippen LogP contribution is 2.37. The average Bonchev–Trinajstić information content (AvgIpc) is 3.09. The van der Waals surface area contributed by atoms with Gasteiger partial charge in [-0.25, -0.2) is 5.43 Å². The Bertz CT molecular complexity index is 1410. The number of hydrogen-bond donors (Lipinski definition) is 1. The van der Waals surface area contributed by atoms with Gasteiger partial charge in [0.15, 0.2) is 11.5 Å². The van der Waals surface area contributed by atoms with Crippen molar-refractivity contribution in [2.45, 2.75) is 27.0 Å². The predicted octanol–water partition coefficient (Wildman–Crippen LogP) is 5.92. The highest BCUT2D eigenvalue weighted by atomic mass is 79.9. The first-order chi connectivity index (χ1) is 16.9. The number of aryl methyl sites for hydroxylation is 1. The Hall–Kier alpha value is -3.17. The average molecular weight is 600 g/mol. The molecule has 1 N–H and O–H groups in total. The maximum Gasteiger partial charge on any atom is 0.261 e. The highest BCUT2D eigenvalue weighted by Gasteiger charge is 2.13. The number of carbonyl (C=O) groups excluding carboxylic acids is 1. The summed E-state index contributed by atoms with van der Waals surface area (Å²) in [4.78, 5) is 12.3. The molecule has 1 amide bonds. The van der Waals surface area contributed by atoms with Gasteiger partial charge in [0.1, 0.15) is 13.2 Å². The first-order valence-electron chi connectivity index (χ1n) is 10.9. The number of fused-ring (bicyclic) bond motifs is 1. The molecule has 0 spiro atoms. The number of halogens is 2. The largest absolute Gasteiger partial charge is 0.493 e. The zero-order valence-electron chi connectivity index (χ0n) is 19.5. The Morgan fingerprint density at radius 2 is 1.91 bits per heavy atom. The van der Waals surface area contributed by atoms with Gasteiger partial charge in [-0.15, -0.1) is 0 Å². The summed E-state index contributed by atoms with van der Waals surface area (Å²) in [5.41, 5.74) is 6.07. The fraction of sp³-hybridized carbons (Fsp3) is 0.192.